The van der Waals surface area contributed by atoms with E-state index in [2.05, 4.69) is 4.98 Å². The average Bonchev–Trinajstić information content (AvgIpc) is 2.48. The van der Waals surface area contributed by atoms with E-state index in [4.69, 9.17) is 4.74 Å². The first-order valence-electron chi connectivity index (χ1n) is 6.40. The molecule has 0 radical (unpaired) electrons. The van der Waals surface area contributed by atoms with E-state index in [0.29, 0.717) is 29.2 Å². The zero-order valence-corrected chi connectivity index (χ0v) is 11.7. The molecule has 0 bridgehead atoms. The molecule has 0 N–H and O–H groups in total. The minimum atomic E-state index is -0.507. The molecule has 0 saturated carbocycles. The van der Waals surface area contributed by atoms with Crippen LogP contribution in [-0.2, 0) is 0 Å². The number of hydrogen-bond acceptors (Lipinski definition) is 5. The summed E-state index contributed by atoms with van der Waals surface area (Å²) in [5, 5.41) is 10.7. The van der Waals surface area contributed by atoms with Crippen LogP contribution in [0.3, 0.4) is 0 Å². The Hall–Kier alpha value is -2.76. The lowest BCUT2D eigenvalue weighted by Crippen LogP contribution is -2.00. The van der Waals surface area contributed by atoms with Gasteiger partial charge in [0.15, 0.2) is 6.29 Å². The Morgan fingerprint density at radius 1 is 1.38 bits per heavy atom. The van der Waals surface area contributed by atoms with Gasteiger partial charge in [0, 0.05) is 11.6 Å². The normalized spacial score (nSPS) is 10.2. The van der Waals surface area contributed by atoms with E-state index in [-0.39, 0.29) is 5.69 Å². The fourth-order valence-electron chi connectivity index (χ4n) is 2.04. The van der Waals surface area contributed by atoms with Crippen molar-refractivity contribution in [3.05, 3.63) is 51.7 Å². The van der Waals surface area contributed by atoms with Crippen molar-refractivity contribution in [1.29, 1.82) is 0 Å². The highest BCUT2D eigenvalue weighted by atomic mass is 16.6. The molecular formula is C15H14N2O4. The molecule has 1 aromatic heterocycles. The lowest BCUT2D eigenvalue weighted by Gasteiger charge is -2.13. The third-order valence-electron chi connectivity index (χ3n) is 2.91. The van der Waals surface area contributed by atoms with E-state index in [0.717, 1.165) is 11.8 Å². The molecule has 21 heavy (non-hydrogen) atoms. The molecule has 0 atom stereocenters. The zero-order chi connectivity index (χ0) is 15.4. The summed E-state index contributed by atoms with van der Waals surface area (Å²) in [7, 11) is 0. The van der Waals surface area contributed by atoms with Gasteiger partial charge in [-0.25, -0.2) is 4.98 Å². The van der Waals surface area contributed by atoms with E-state index in [1.165, 1.54) is 12.3 Å². The van der Waals surface area contributed by atoms with Crippen LogP contribution < -0.4 is 4.74 Å². The van der Waals surface area contributed by atoms with Gasteiger partial charge in [0.1, 0.15) is 11.9 Å². The van der Waals surface area contributed by atoms with Crippen molar-refractivity contribution in [3.8, 4) is 17.0 Å². The van der Waals surface area contributed by atoms with Crippen molar-refractivity contribution >= 4 is 12.0 Å². The largest absolute Gasteiger partial charge is 0.492 e. The number of carbonyl (C=O) groups excluding carboxylic acids is 1. The second kappa shape index (κ2) is 6.13. The van der Waals surface area contributed by atoms with Gasteiger partial charge in [-0.2, -0.15) is 0 Å². The molecule has 0 spiro atoms. The van der Waals surface area contributed by atoms with Crippen molar-refractivity contribution in [2.24, 2.45) is 0 Å². The number of hydrogen-bond donors (Lipinski definition) is 0. The number of ether oxygens (including phenoxy) is 1. The highest BCUT2D eigenvalue weighted by Gasteiger charge is 2.15. The number of rotatable bonds is 5. The Bertz CT molecular complexity index is 681. The van der Waals surface area contributed by atoms with Crippen molar-refractivity contribution in [2.75, 3.05) is 6.61 Å². The van der Waals surface area contributed by atoms with Crippen molar-refractivity contribution in [2.45, 2.75) is 13.8 Å². The Morgan fingerprint density at radius 2 is 2.14 bits per heavy atom. The maximum Gasteiger partial charge on any atom is 0.287 e. The quantitative estimate of drug-likeness (QED) is 0.479. The summed E-state index contributed by atoms with van der Waals surface area (Å²) < 4.78 is 5.54. The molecule has 1 aromatic carbocycles. The number of aromatic nitrogens is 1. The molecule has 6 nitrogen and oxygen atoms in total. The minimum absolute atomic E-state index is 0.0834. The first kappa shape index (κ1) is 14.6. The molecule has 0 unspecified atom stereocenters. The number of nitro groups is 1. The number of carbonyl (C=O) groups is 1. The molecular weight excluding hydrogens is 272 g/mol. The number of aryl methyl sites for hydroxylation is 1. The SMILES string of the molecule is CCOc1c(C=O)cc(C)cc1-c1ccc([N+](=O)[O-])cn1. The summed E-state index contributed by atoms with van der Waals surface area (Å²) in [6.07, 6.45) is 1.92. The van der Waals surface area contributed by atoms with E-state index in [1.54, 1.807) is 12.1 Å². The summed E-state index contributed by atoms with van der Waals surface area (Å²) in [5.41, 5.74) is 2.41. The molecule has 6 heteroatoms. The van der Waals surface area contributed by atoms with Gasteiger partial charge in [-0.15, -0.1) is 0 Å². The summed E-state index contributed by atoms with van der Waals surface area (Å²) in [6.45, 7) is 4.09. The highest BCUT2D eigenvalue weighted by Crippen LogP contribution is 2.33. The molecule has 1 heterocycles. The van der Waals surface area contributed by atoms with Crippen LogP contribution in [0.2, 0.25) is 0 Å². The Labute approximate surface area is 121 Å². The zero-order valence-electron chi connectivity index (χ0n) is 11.7. The van der Waals surface area contributed by atoms with Crippen LogP contribution in [0.1, 0.15) is 22.8 Å². The lowest BCUT2D eigenvalue weighted by atomic mass is 10.0. The third kappa shape index (κ3) is 3.05. The van der Waals surface area contributed by atoms with Gasteiger partial charge in [-0.05, 0) is 37.6 Å². The summed E-state index contributed by atoms with van der Waals surface area (Å²) in [5.74, 6) is 0.444. The van der Waals surface area contributed by atoms with Crippen LogP contribution in [0.4, 0.5) is 5.69 Å². The van der Waals surface area contributed by atoms with Crippen molar-refractivity contribution in [1.82, 2.24) is 4.98 Å². The summed E-state index contributed by atoms with van der Waals surface area (Å²) in [4.78, 5) is 25.4. The second-order valence-electron chi connectivity index (χ2n) is 4.44. The van der Waals surface area contributed by atoms with Crippen molar-refractivity contribution < 1.29 is 14.5 Å². The second-order valence-corrected chi connectivity index (χ2v) is 4.44. The first-order chi connectivity index (χ1) is 10.1. The molecule has 0 amide bonds. The van der Waals surface area contributed by atoms with Crippen molar-refractivity contribution in [3.63, 3.8) is 0 Å². The molecule has 0 aliphatic heterocycles. The van der Waals surface area contributed by atoms with Gasteiger partial charge in [-0.3, -0.25) is 14.9 Å². The number of pyridine rings is 1. The smallest absolute Gasteiger partial charge is 0.287 e. The molecule has 2 aromatic rings. The topological polar surface area (TPSA) is 82.3 Å². The fourth-order valence-corrected chi connectivity index (χ4v) is 2.04. The Balaban J connectivity index is 2.58. The van der Waals surface area contributed by atoms with Gasteiger partial charge >= 0.3 is 0 Å². The van der Waals surface area contributed by atoms with Crippen LogP contribution in [0, 0.1) is 17.0 Å². The van der Waals surface area contributed by atoms with Crippen LogP contribution in [0.25, 0.3) is 11.3 Å². The first-order valence-corrected chi connectivity index (χ1v) is 6.40. The van der Waals surface area contributed by atoms with Gasteiger partial charge in [0.25, 0.3) is 5.69 Å². The maximum absolute atomic E-state index is 11.2. The van der Waals surface area contributed by atoms with Gasteiger partial charge in [-0.1, -0.05) is 0 Å². The fraction of sp³-hybridized carbons (Fsp3) is 0.200. The number of aldehydes is 1. The predicted octanol–water partition coefficient (Wildman–Crippen LogP) is 3.18. The van der Waals surface area contributed by atoms with E-state index in [9.17, 15) is 14.9 Å². The van der Waals surface area contributed by atoms with Gasteiger partial charge in [0.2, 0.25) is 0 Å². The number of nitrogens with zero attached hydrogens (tertiary/aromatic N) is 2. The van der Waals surface area contributed by atoms with Crippen LogP contribution in [0.15, 0.2) is 30.5 Å². The minimum Gasteiger partial charge on any atom is -0.492 e. The molecule has 0 aliphatic rings. The van der Waals surface area contributed by atoms with E-state index >= 15 is 0 Å². The standard InChI is InChI=1S/C15H14N2O4/c1-3-21-15-11(9-18)6-10(2)7-13(15)14-5-4-12(8-16-14)17(19)20/h4-9H,3H2,1-2H3. The lowest BCUT2D eigenvalue weighted by molar-refractivity contribution is -0.385. The molecule has 0 fully saturated rings. The Morgan fingerprint density at radius 3 is 2.67 bits per heavy atom. The monoisotopic (exact) mass is 286 g/mol. The molecule has 0 aliphatic carbocycles. The summed E-state index contributed by atoms with van der Waals surface area (Å²) >= 11 is 0. The predicted molar refractivity (Wildman–Crippen MR) is 77.6 cm³/mol. The number of benzene rings is 1. The van der Waals surface area contributed by atoms with Gasteiger partial charge in [0.05, 0.1) is 22.8 Å². The average molecular weight is 286 g/mol. The summed E-state index contributed by atoms with van der Waals surface area (Å²) in [6, 6.07) is 6.49. The molecule has 2 rings (SSSR count). The Kier molecular flexibility index (Phi) is 4.27. The molecule has 0 saturated heterocycles. The molecule has 108 valence electrons. The highest BCUT2D eigenvalue weighted by molar-refractivity contribution is 5.86. The van der Waals surface area contributed by atoms with Crippen LogP contribution >= 0.6 is 0 Å². The van der Waals surface area contributed by atoms with E-state index < -0.39 is 4.92 Å². The van der Waals surface area contributed by atoms with E-state index in [1.807, 2.05) is 19.9 Å². The van der Waals surface area contributed by atoms with Gasteiger partial charge < -0.3 is 4.74 Å². The van der Waals surface area contributed by atoms with Crippen LogP contribution in [0.5, 0.6) is 5.75 Å². The third-order valence-corrected chi connectivity index (χ3v) is 2.91. The maximum atomic E-state index is 11.2. The van der Waals surface area contributed by atoms with Crippen LogP contribution in [-0.4, -0.2) is 22.8 Å².